The molecule has 0 aromatic carbocycles. The van der Waals surface area contributed by atoms with Crippen molar-refractivity contribution in [1.82, 2.24) is 0 Å². The van der Waals surface area contributed by atoms with E-state index < -0.39 is 15.1 Å². The second-order valence-corrected chi connectivity index (χ2v) is 6.29. The summed E-state index contributed by atoms with van der Waals surface area (Å²) in [5.41, 5.74) is 0. The largest absolute Gasteiger partial charge is 0.229 e. The van der Waals surface area contributed by atoms with E-state index in [0.29, 0.717) is 12.3 Å². The van der Waals surface area contributed by atoms with Crippen LogP contribution in [0.3, 0.4) is 0 Å². The van der Waals surface area contributed by atoms with Gasteiger partial charge in [0.25, 0.3) is 0 Å². The summed E-state index contributed by atoms with van der Waals surface area (Å²) in [6.07, 6.45) is 3.59. The second kappa shape index (κ2) is 3.67. The van der Waals surface area contributed by atoms with Crippen LogP contribution in [0.4, 0.5) is 0 Å². The Bertz CT molecular complexity index is 315. The highest BCUT2D eigenvalue weighted by molar-refractivity contribution is 7.91. The summed E-state index contributed by atoms with van der Waals surface area (Å²) in [6.45, 7) is 2.05. The van der Waals surface area contributed by atoms with Crippen LogP contribution in [0.1, 0.15) is 26.2 Å². The Morgan fingerprint density at radius 3 is 2.46 bits per heavy atom. The molecule has 0 bridgehead atoms. The lowest BCUT2D eigenvalue weighted by Crippen LogP contribution is -2.34. The van der Waals surface area contributed by atoms with Crippen molar-refractivity contribution in [1.29, 1.82) is 5.26 Å². The lowest BCUT2D eigenvalue weighted by molar-refractivity contribution is 0.335. The van der Waals surface area contributed by atoms with Crippen LogP contribution in [0.25, 0.3) is 0 Å². The zero-order valence-electron chi connectivity index (χ0n) is 8.03. The number of rotatable bonds is 1. The molecule has 1 aliphatic rings. The molecule has 1 rings (SSSR count). The van der Waals surface area contributed by atoms with Crippen LogP contribution in [0, 0.1) is 23.2 Å². The number of nitriles is 1. The maximum Gasteiger partial charge on any atom is 0.151 e. The minimum Gasteiger partial charge on any atom is -0.229 e. The highest BCUT2D eigenvalue weighted by atomic mass is 32.2. The smallest absolute Gasteiger partial charge is 0.151 e. The zero-order valence-corrected chi connectivity index (χ0v) is 8.84. The molecule has 0 saturated heterocycles. The monoisotopic (exact) mass is 201 g/mol. The van der Waals surface area contributed by atoms with E-state index in [4.69, 9.17) is 5.26 Å². The molecule has 0 aromatic heterocycles. The van der Waals surface area contributed by atoms with Crippen molar-refractivity contribution in [2.24, 2.45) is 11.8 Å². The van der Waals surface area contributed by atoms with E-state index in [1.807, 2.05) is 6.92 Å². The van der Waals surface area contributed by atoms with E-state index in [-0.39, 0.29) is 5.92 Å². The first-order valence-electron chi connectivity index (χ1n) is 4.53. The van der Waals surface area contributed by atoms with Gasteiger partial charge in [-0.15, -0.1) is 0 Å². The van der Waals surface area contributed by atoms with Crippen LogP contribution >= 0.6 is 0 Å². The number of hydrogen-bond donors (Lipinski definition) is 0. The minimum absolute atomic E-state index is 0.286. The molecular weight excluding hydrogens is 186 g/mol. The SMILES string of the molecule is CC1CCC(C#N)C(S(C)(=O)=O)C1. The molecular formula is C9H15NO2S. The molecule has 3 nitrogen and oxygen atoms in total. The van der Waals surface area contributed by atoms with Crippen LogP contribution in [0.15, 0.2) is 0 Å². The summed E-state index contributed by atoms with van der Waals surface area (Å²) in [5, 5.41) is 8.37. The molecule has 0 aromatic rings. The van der Waals surface area contributed by atoms with E-state index in [9.17, 15) is 8.42 Å². The first-order chi connectivity index (χ1) is 5.95. The normalized spacial score (nSPS) is 35.3. The molecule has 0 heterocycles. The molecule has 3 atom stereocenters. The molecule has 13 heavy (non-hydrogen) atoms. The summed E-state index contributed by atoms with van der Waals surface area (Å²) in [5.74, 6) is 0.149. The molecule has 1 saturated carbocycles. The first-order valence-corrected chi connectivity index (χ1v) is 6.49. The summed E-state index contributed by atoms with van der Waals surface area (Å²) >= 11 is 0. The maximum atomic E-state index is 11.4. The van der Waals surface area contributed by atoms with Gasteiger partial charge in [-0.1, -0.05) is 6.92 Å². The van der Waals surface area contributed by atoms with E-state index >= 15 is 0 Å². The van der Waals surface area contributed by atoms with Gasteiger partial charge in [0.2, 0.25) is 0 Å². The summed E-state index contributed by atoms with van der Waals surface area (Å²) < 4.78 is 22.7. The Labute approximate surface area is 79.7 Å². The van der Waals surface area contributed by atoms with Crippen molar-refractivity contribution in [2.45, 2.75) is 31.4 Å². The van der Waals surface area contributed by atoms with Crippen molar-refractivity contribution in [3.8, 4) is 6.07 Å². The molecule has 0 spiro atoms. The lowest BCUT2D eigenvalue weighted by Gasteiger charge is -2.29. The fourth-order valence-electron chi connectivity index (χ4n) is 1.95. The maximum absolute atomic E-state index is 11.4. The quantitative estimate of drug-likeness (QED) is 0.643. The average Bonchev–Trinajstić information content (AvgIpc) is 2.03. The molecule has 1 aliphatic carbocycles. The van der Waals surface area contributed by atoms with Gasteiger partial charge >= 0.3 is 0 Å². The predicted octanol–water partition coefficient (Wildman–Crippen LogP) is 1.36. The van der Waals surface area contributed by atoms with Gasteiger partial charge < -0.3 is 0 Å². The van der Waals surface area contributed by atoms with E-state index in [1.54, 1.807) is 0 Å². The van der Waals surface area contributed by atoms with E-state index in [2.05, 4.69) is 6.07 Å². The predicted molar refractivity (Wildman–Crippen MR) is 50.7 cm³/mol. The average molecular weight is 201 g/mol. The van der Waals surface area contributed by atoms with Crippen LogP contribution in [-0.4, -0.2) is 19.9 Å². The molecule has 0 N–H and O–H groups in total. The summed E-state index contributed by atoms with van der Waals surface area (Å²) in [7, 11) is -3.04. The molecule has 1 fully saturated rings. The Hall–Kier alpha value is -0.560. The van der Waals surface area contributed by atoms with Gasteiger partial charge in [0.1, 0.15) is 0 Å². The number of nitrogens with zero attached hydrogens (tertiary/aromatic N) is 1. The first kappa shape index (κ1) is 10.5. The van der Waals surface area contributed by atoms with Crippen LogP contribution in [-0.2, 0) is 9.84 Å². The van der Waals surface area contributed by atoms with Gasteiger partial charge in [-0.05, 0) is 25.2 Å². The van der Waals surface area contributed by atoms with Crippen LogP contribution < -0.4 is 0 Å². The lowest BCUT2D eigenvalue weighted by atomic mass is 9.83. The zero-order chi connectivity index (χ0) is 10.1. The Balaban J connectivity index is 2.85. The van der Waals surface area contributed by atoms with Crippen molar-refractivity contribution in [3.05, 3.63) is 0 Å². The summed E-state index contributed by atoms with van der Waals surface area (Å²) in [6, 6.07) is 2.10. The third-order valence-corrected chi connectivity index (χ3v) is 4.39. The van der Waals surface area contributed by atoms with Gasteiger partial charge in [0, 0.05) is 6.26 Å². The van der Waals surface area contributed by atoms with Crippen molar-refractivity contribution >= 4 is 9.84 Å². The Morgan fingerprint density at radius 1 is 1.38 bits per heavy atom. The highest BCUT2D eigenvalue weighted by Crippen LogP contribution is 2.32. The van der Waals surface area contributed by atoms with Crippen molar-refractivity contribution < 1.29 is 8.42 Å². The molecule has 4 heteroatoms. The van der Waals surface area contributed by atoms with Gasteiger partial charge in [-0.2, -0.15) is 5.26 Å². The van der Waals surface area contributed by atoms with Gasteiger partial charge in [-0.3, -0.25) is 0 Å². The van der Waals surface area contributed by atoms with Crippen LogP contribution in [0.5, 0.6) is 0 Å². The van der Waals surface area contributed by atoms with Gasteiger partial charge in [0.15, 0.2) is 9.84 Å². The van der Waals surface area contributed by atoms with E-state index in [0.717, 1.165) is 12.8 Å². The van der Waals surface area contributed by atoms with Gasteiger partial charge in [-0.25, -0.2) is 8.42 Å². The minimum atomic E-state index is -3.04. The Kier molecular flexibility index (Phi) is 2.97. The third-order valence-electron chi connectivity index (χ3n) is 2.77. The van der Waals surface area contributed by atoms with Crippen molar-refractivity contribution in [2.75, 3.05) is 6.26 Å². The second-order valence-electron chi connectivity index (χ2n) is 4.02. The van der Waals surface area contributed by atoms with Crippen LogP contribution in [0.2, 0.25) is 0 Å². The molecule has 3 unspecified atom stereocenters. The molecule has 0 aliphatic heterocycles. The summed E-state index contributed by atoms with van der Waals surface area (Å²) in [4.78, 5) is 0. The molecule has 74 valence electrons. The topological polar surface area (TPSA) is 57.9 Å². The van der Waals surface area contributed by atoms with Gasteiger partial charge in [0.05, 0.1) is 17.2 Å². The standard InChI is InChI=1S/C9H15NO2S/c1-7-3-4-8(6-10)9(5-7)13(2,11)12/h7-9H,3-5H2,1-2H3. The highest BCUT2D eigenvalue weighted by Gasteiger charge is 2.35. The Morgan fingerprint density at radius 2 is 2.00 bits per heavy atom. The molecule has 0 amide bonds. The molecule has 0 radical (unpaired) electrons. The van der Waals surface area contributed by atoms with E-state index in [1.165, 1.54) is 6.26 Å². The number of sulfone groups is 1. The van der Waals surface area contributed by atoms with Crippen molar-refractivity contribution in [3.63, 3.8) is 0 Å². The number of hydrogen-bond acceptors (Lipinski definition) is 3. The fourth-order valence-corrected chi connectivity index (χ4v) is 3.42. The third kappa shape index (κ3) is 2.44. The fraction of sp³-hybridized carbons (Fsp3) is 0.889.